The van der Waals surface area contributed by atoms with E-state index in [1.54, 1.807) is 6.07 Å². The lowest BCUT2D eigenvalue weighted by atomic mass is 9.86. The summed E-state index contributed by atoms with van der Waals surface area (Å²) in [5, 5.41) is 0.562. The van der Waals surface area contributed by atoms with Gasteiger partial charge in [-0.05, 0) is 43.7 Å². The van der Waals surface area contributed by atoms with Crippen LogP contribution in [-0.4, -0.2) is 11.1 Å². The Morgan fingerprint density at radius 1 is 1.37 bits per heavy atom. The highest BCUT2D eigenvalue weighted by Gasteiger charge is 2.22. The second kappa shape index (κ2) is 6.58. The maximum Gasteiger partial charge on any atom is 0.131 e. The van der Waals surface area contributed by atoms with Gasteiger partial charge in [0.05, 0.1) is 16.7 Å². The van der Waals surface area contributed by atoms with E-state index in [9.17, 15) is 0 Å². The summed E-state index contributed by atoms with van der Waals surface area (Å²) in [7, 11) is 0. The molecule has 1 aromatic rings. The van der Waals surface area contributed by atoms with Gasteiger partial charge in [0.25, 0.3) is 0 Å². The average molecular weight is 298 g/mol. The first kappa shape index (κ1) is 14.6. The van der Waals surface area contributed by atoms with Crippen molar-refractivity contribution >= 4 is 28.8 Å². The van der Waals surface area contributed by atoms with Gasteiger partial charge in [-0.3, -0.25) is 0 Å². The van der Waals surface area contributed by atoms with Crippen LogP contribution in [0.25, 0.3) is 0 Å². The summed E-state index contributed by atoms with van der Waals surface area (Å²) in [6, 6.07) is 5.56. The third-order valence-corrected chi connectivity index (χ3v) is 4.41. The van der Waals surface area contributed by atoms with Crippen molar-refractivity contribution in [2.24, 2.45) is 11.7 Å². The fraction of sp³-hybridized carbons (Fsp3) is 0.533. The zero-order chi connectivity index (χ0) is 13.8. The van der Waals surface area contributed by atoms with Gasteiger partial charge in [0.1, 0.15) is 10.7 Å². The summed E-state index contributed by atoms with van der Waals surface area (Å²) in [5.74, 6) is 1.58. The van der Waals surface area contributed by atoms with Gasteiger partial charge in [-0.15, -0.1) is 0 Å². The van der Waals surface area contributed by atoms with E-state index >= 15 is 0 Å². The van der Waals surface area contributed by atoms with Crippen molar-refractivity contribution in [1.29, 1.82) is 0 Å². The molecule has 104 valence electrons. The Bertz CT molecular complexity index is 455. The maximum absolute atomic E-state index is 6.14. The molecule has 0 aromatic heterocycles. The molecule has 4 heteroatoms. The van der Waals surface area contributed by atoms with Crippen molar-refractivity contribution < 1.29 is 4.74 Å². The van der Waals surface area contributed by atoms with Crippen LogP contribution in [0.4, 0.5) is 0 Å². The molecule has 0 unspecified atom stereocenters. The summed E-state index contributed by atoms with van der Waals surface area (Å²) in [6.07, 6.45) is 6.20. The Morgan fingerprint density at radius 2 is 2.05 bits per heavy atom. The number of hydrogen-bond donors (Lipinski definition) is 1. The van der Waals surface area contributed by atoms with Crippen molar-refractivity contribution in [3.8, 4) is 5.75 Å². The molecule has 2 nitrogen and oxygen atoms in total. The van der Waals surface area contributed by atoms with E-state index in [1.165, 1.54) is 19.3 Å². The van der Waals surface area contributed by atoms with Crippen molar-refractivity contribution in [1.82, 2.24) is 0 Å². The van der Waals surface area contributed by atoms with Crippen molar-refractivity contribution in [2.45, 2.75) is 45.1 Å². The quantitative estimate of drug-likeness (QED) is 0.841. The predicted molar refractivity (Wildman–Crippen MR) is 84.0 cm³/mol. The fourth-order valence-electron chi connectivity index (χ4n) is 2.68. The maximum atomic E-state index is 6.14. The molecule has 1 saturated carbocycles. The van der Waals surface area contributed by atoms with Gasteiger partial charge >= 0.3 is 0 Å². The zero-order valence-corrected chi connectivity index (χ0v) is 12.8. The summed E-state index contributed by atoms with van der Waals surface area (Å²) < 4.78 is 6.07. The first-order valence-electron chi connectivity index (χ1n) is 6.86. The molecule has 0 bridgehead atoms. The normalized spacial score (nSPS) is 23.1. The highest BCUT2D eigenvalue weighted by atomic mass is 35.5. The Balaban J connectivity index is 2.08. The van der Waals surface area contributed by atoms with Gasteiger partial charge < -0.3 is 10.5 Å². The summed E-state index contributed by atoms with van der Waals surface area (Å²) in [5.41, 5.74) is 6.39. The topological polar surface area (TPSA) is 35.2 Å². The van der Waals surface area contributed by atoms with Crippen LogP contribution in [0.15, 0.2) is 18.2 Å². The molecule has 1 aromatic carbocycles. The third-order valence-electron chi connectivity index (χ3n) is 3.89. The molecule has 0 heterocycles. The van der Waals surface area contributed by atoms with E-state index in [4.69, 9.17) is 34.3 Å². The van der Waals surface area contributed by atoms with Crippen LogP contribution in [0, 0.1) is 5.92 Å². The first-order valence-corrected chi connectivity index (χ1v) is 7.65. The third kappa shape index (κ3) is 3.61. The molecule has 0 amide bonds. The fourth-order valence-corrected chi connectivity index (χ4v) is 3.21. The van der Waals surface area contributed by atoms with Crippen molar-refractivity contribution in [3.05, 3.63) is 28.8 Å². The molecule has 2 N–H and O–H groups in total. The lowest BCUT2D eigenvalue weighted by Gasteiger charge is -2.29. The molecule has 19 heavy (non-hydrogen) atoms. The summed E-state index contributed by atoms with van der Waals surface area (Å²) >= 11 is 11.2. The molecule has 1 aliphatic carbocycles. The summed E-state index contributed by atoms with van der Waals surface area (Å²) in [6.45, 7) is 2.26. The van der Waals surface area contributed by atoms with Gasteiger partial charge in [-0.25, -0.2) is 0 Å². The highest BCUT2D eigenvalue weighted by molar-refractivity contribution is 7.80. The molecule has 1 aliphatic rings. The lowest BCUT2D eigenvalue weighted by molar-refractivity contribution is 0.130. The molecular formula is C15H20ClNOS. The van der Waals surface area contributed by atoms with Gasteiger partial charge in [0.2, 0.25) is 0 Å². The van der Waals surface area contributed by atoms with Crippen LogP contribution >= 0.6 is 23.8 Å². The molecule has 1 fully saturated rings. The molecule has 0 atom stereocenters. The molecule has 0 saturated heterocycles. The van der Waals surface area contributed by atoms with Crippen LogP contribution in [0.2, 0.25) is 5.02 Å². The van der Waals surface area contributed by atoms with E-state index in [2.05, 4.69) is 6.92 Å². The Kier molecular flexibility index (Phi) is 5.06. The lowest BCUT2D eigenvalue weighted by Crippen LogP contribution is -2.25. The Morgan fingerprint density at radius 3 is 2.63 bits per heavy atom. The van der Waals surface area contributed by atoms with Gasteiger partial charge in [0, 0.05) is 0 Å². The minimum atomic E-state index is 0.259. The molecule has 0 spiro atoms. The molecule has 0 aliphatic heterocycles. The molecular weight excluding hydrogens is 278 g/mol. The molecule has 0 radical (unpaired) electrons. The van der Waals surface area contributed by atoms with Crippen LogP contribution in [0.5, 0.6) is 5.75 Å². The van der Waals surface area contributed by atoms with Crippen LogP contribution < -0.4 is 10.5 Å². The average Bonchev–Trinajstić information content (AvgIpc) is 2.39. The smallest absolute Gasteiger partial charge is 0.131 e. The predicted octanol–water partition coefficient (Wildman–Crippen LogP) is 4.32. The number of benzene rings is 1. The second-order valence-electron chi connectivity index (χ2n) is 5.15. The number of hydrogen-bond acceptors (Lipinski definition) is 2. The number of ether oxygens (including phenoxy) is 1. The van der Waals surface area contributed by atoms with Crippen LogP contribution in [0.3, 0.4) is 0 Å². The van der Waals surface area contributed by atoms with E-state index in [0.717, 1.165) is 24.5 Å². The standard InChI is InChI=1S/C15H20ClNOS/c1-2-10-6-8-11(9-7-10)18-13-5-3-4-12(16)14(13)15(17)19/h3-5,10-11H,2,6-9H2,1H3,(H2,17,19). The number of thiocarbonyl (C=S) groups is 1. The first-order chi connectivity index (χ1) is 9.11. The minimum absolute atomic E-state index is 0.259. The Hall–Kier alpha value is -0.800. The van der Waals surface area contributed by atoms with Gasteiger partial charge in [0.15, 0.2) is 0 Å². The van der Waals surface area contributed by atoms with Crippen molar-refractivity contribution in [2.75, 3.05) is 0 Å². The minimum Gasteiger partial charge on any atom is -0.490 e. The van der Waals surface area contributed by atoms with Crippen LogP contribution in [-0.2, 0) is 0 Å². The highest BCUT2D eigenvalue weighted by Crippen LogP contribution is 2.32. The summed E-state index contributed by atoms with van der Waals surface area (Å²) in [4.78, 5) is 0.294. The largest absolute Gasteiger partial charge is 0.490 e. The van der Waals surface area contributed by atoms with Gasteiger partial charge in [-0.1, -0.05) is 43.2 Å². The molecule has 2 rings (SSSR count). The van der Waals surface area contributed by atoms with E-state index in [0.29, 0.717) is 15.6 Å². The van der Waals surface area contributed by atoms with Crippen LogP contribution in [0.1, 0.15) is 44.6 Å². The monoisotopic (exact) mass is 297 g/mol. The number of halogens is 1. The van der Waals surface area contributed by atoms with Gasteiger partial charge in [-0.2, -0.15) is 0 Å². The number of nitrogens with two attached hydrogens (primary N) is 1. The number of rotatable bonds is 4. The van der Waals surface area contributed by atoms with E-state index in [-0.39, 0.29) is 6.10 Å². The van der Waals surface area contributed by atoms with E-state index < -0.39 is 0 Å². The zero-order valence-electron chi connectivity index (χ0n) is 11.2. The van der Waals surface area contributed by atoms with E-state index in [1.807, 2.05) is 12.1 Å². The Labute approximate surface area is 125 Å². The van der Waals surface area contributed by atoms with Crippen molar-refractivity contribution in [3.63, 3.8) is 0 Å². The second-order valence-corrected chi connectivity index (χ2v) is 5.99. The SMILES string of the molecule is CCC1CCC(Oc2cccc(Cl)c2C(N)=S)CC1.